The third-order valence-electron chi connectivity index (χ3n) is 10.8. The fraction of sp³-hybridized carbons (Fsp3) is 0.579. The van der Waals surface area contributed by atoms with Crippen molar-refractivity contribution in [1.29, 1.82) is 0 Å². The van der Waals surface area contributed by atoms with E-state index in [0.29, 0.717) is 11.1 Å². The van der Waals surface area contributed by atoms with Crippen molar-refractivity contribution in [2.75, 3.05) is 6.54 Å². The first kappa shape index (κ1) is 31.1. The SMILES string of the molecule is C=C[P+]1(C(C)CNC(=C)c2cc(C)c(C)c(C)c2)C2CC(C)(CCCCCCc3ccccc3)CC(CCC)C21. The molecule has 1 saturated carbocycles. The minimum atomic E-state index is -1.19. The van der Waals surface area contributed by atoms with Crippen LogP contribution in [0, 0.1) is 32.1 Å². The van der Waals surface area contributed by atoms with Crippen LogP contribution in [0.15, 0.2) is 61.4 Å². The van der Waals surface area contributed by atoms with E-state index in [1.807, 2.05) is 0 Å². The highest BCUT2D eigenvalue weighted by molar-refractivity contribution is 7.87. The highest BCUT2D eigenvalue weighted by Crippen LogP contribution is 2.92. The van der Waals surface area contributed by atoms with Crippen LogP contribution in [-0.2, 0) is 6.42 Å². The van der Waals surface area contributed by atoms with Gasteiger partial charge in [0.1, 0.15) is 11.3 Å². The van der Waals surface area contributed by atoms with E-state index in [1.54, 1.807) is 0 Å². The Labute approximate surface area is 247 Å². The first-order chi connectivity index (χ1) is 19.1. The number of unbranched alkanes of at least 4 members (excludes halogenated alkanes) is 3. The summed E-state index contributed by atoms with van der Waals surface area (Å²) in [6.45, 7) is 24.2. The lowest BCUT2D eigenvalue weighted by molar-refractivity contribution is 0.161. The van der Waals surface area contributed by atoms with Crippen LogP contribution in [0.4, 0.5) is 0 Å². The molecule has 0 spiro atoms. The quantitative estimate of drug-likeness (QED) is 0.169. The molecule has 0 radical (unpaired) electrons. The van der Waals surface area contributed by atoms with Crippen molar-refractivity contribution in [2.24, 2.45) is 11.3 Å². The van der Waals surface area contributed by atoms with Crippen LogP contribution < -0.4 is 5.32 Å². The van der Waals surface area contributed by atoms with E-state index in [9.17, 15) is 0 Å². The van der Waals surface area contributed by atoms with Crippen molar-refractivity contribution in [1.82, 2.24) is 5.32 Å². The van der Waals surface area contributed by atoms with Gasteiger partial charge in [-0.25, -0.2) is 0 Å². The number of fused-ring (bicyclic) bond motifs is 1. The lowest BCUT2D eigenvalue weighted by Gasteiger charge is -2.35. The predicted molar refractivity (Wildman–Crippen MR) is 181 cm³/mol. The zero-order chi connectivity index (χ0) is 28.9. The standard InChI is InChI=1S/C38H57NP/c1-9-18-34-25-38(8,22-17-12-11-14-19-33-20-15-13-16-21-33)26-36-37(34)40(36,10-2)30(5)27-39-32(7)35-23-28(3)31(6)29(4)24-35/h10,13,15-16,20-21,23-24,30,34,36-37,39H,2,7,9,11-12,14,17-19,22,25-27H2,1,3-6,8H3/q+1. The maximum absolute atomic E-state index is 4.52. The molecule has 1 saturated heterocycles. The normalized spacial score (nSPS) is 28.0. The molecule has 0 aromatic heterocycles. The Morgan fingerprint density at radius 3 is 2.38 bits per heavy atom. The Bertz CT molecular complexity index is 1130. The van der Waals surface area contributed by atoms with Gasteiger partial charge in [0.2, 0.25) is 0 Å². The number of aryl methyl sites for hydroxylation is 3. The predicted octanol–water partition coefficient (Wildman–Crippen LogP) is 10.9. The molecule has 1 N–H and O–H groups in total. The Morgan fingerprint density at radius 2 is 1.73 bits per heavy atom. The van der Waals surface area contributed by atoms with Crippen LogP contribution in [0.2, 0.25) is 0 Å². The molecule has 218 valence electrons. The molecule has 2 fully saturated rings. The zero-order valence-corrected chi connectivity index (χ0v) is 27.5. The summed E-state index contributed by atoms with van der Waals surface area (Å²) >= 11 is 0. The molecule has 0 bridgehead atoms. The summed E-state index contributed by atoms with van der Waals surface area (Å²) < 4.78 is 0. The van der Waals surface area contributed by atoms with Crippen molar-refractivity contribution in [2.45, 2.75) is 123 Å². The number of hydrogen-bond donors (Lipinski definition) is 1. The molecule has 1 heterocycles. The molecule has 0 amide bonds. The summed E-state index contributed by atoms with van der Waals surface area (Å²) in [5.41, 5.74) is 10.9. The van der Waals surface area contributed by atoms with Gasteiger partial charge in [0.05, 0.1) is 25.3 Å². The van der Waals surface area contributed by atoms with Gasteiger partial charge in [0.25, 0.3) is 0 Å². The van der Waals surface area contributed by atoms with E-state index >= 15 is 0 Å². The average Bonchev–Trinajstić information content (AvgIpc) is 3.60. The third kappa shape index (κ3) is 6.78. The Kier molecular flexibility index (Phi) is 10.4. The highest BCUT2D eigenvalue weighted by atomic mass is 31.2. The maximum Gasteiger partial charge on any atom is 0.114 e. The Balaban J connectivity index is 1.33. The summed E-state index contributed by atoms with van der Waals surface area (Å²) in [7, 11) is -1.19. The minimum absolute atomic E-state index is 0.513. The van der Waals surface area contributed by atoms with Crippen LogP contribution in [0.1, 0.15) is 106 Å². The van der Waals surface area contributed by atoms with Crippen LogP contribution in [0.25, 0.3) is 5.70 Å². The van der Waals surface area contributed by atoms with E-state index in [2.05, 4.69) is 108 Å². The highest BCUT2D eigenvalue weighted by Gasteiger charge is 2.78. The van der Waals surface area contributed by atoms with E-state index in [0.717, 1.165) is 29.5 Å². The van der Waals surface area contributed by atoms with Gasteiger partial charge in [0, 0.05) is 11.6 Å². The molecule has 1 aliphatic carbocycles. The molecule has 2 heteroatoms. The molecule has 6 atom stereocenters. The second-order valence-electron chi connectivity index (χ2n) is 13.7. The van der Waals surface area contributed by atoms with E-state index in [-0.39, 0.29) is 0 Å². The summed E-state index contributed by atoms with van der Waals surface area (Å²) in [4.78, 5) is 0. The van der Waals surface area contributed by atoms with Crippen molar-refractivity contribution >= 4 is 13.0 Å². The fourth-order valence-electron chi connectivity index (χ4n) is 8.30. The fourth-order valence-corrected chi connectivity index (χ4v) is 14.3. The molecular formula is C38H57NP+. The topological polar surface area (TPSA) is 12.0 Å². The largest absolute Gasteiger partial charge is 0.381 e. The molecule has 6 unspecified atom stereocenters. The van der Waals surface area contributed by atoms with E-state index in [4.69, 9.17) is 0 Å². The molecule has 2 aromatic rings. The summed E-state index contributed by atoms with van der Waals surface area (Å²) in [5, 5.41) is 3.78. The summed E-state index contributed by atoms with van der Waals surface area (Å²) in [6.07, 6.45) is 13.7. The van der Waals surface area contributed by atoms with Gasteiger partial charge in [-0.15, -0.1) is 0 Å². The Hall–Kier alpha value is -1.85. The number of rotatable bonds is 15. The molecule has 1 nitrogen and oxygen atoms in total. The van der Waals surface area contributed by atoms with Crippen molar-refractivity contribution in [3.05, 3.63) is 89.3 Å². The van der Waals surface area contributed by atoms with Gasteiger partial charge >= 0.3 is 0 Å². The zero-order valence-electron chi connectivity index (χ0n) is 26.6. The summed E-state index contributed by atoms with van der Waals surface area (Å²) in [5.74, 6) is 3.39. The van der Waals surface area contributed by atoms with Gasteiger partial charge in [-0.05, 0) is 112 Å². The second kappa shape index (κ2) is 13.4. The lowest BCUT2D eigenvalue weighted by Crippen LogP contribution is -2.31. The van der Waals surface area contributed by atoms with Gasteiger partial charge in [-0.3, -0.25) is 0 Å². The van der Waals surface area contributed by atoms with Gasteiger partial charge in [-0.2, -0.15) is 0 Å². The number of benzene rings is 2. The smallest absolute Gasteiger partial charge is 0.114 e. The van der Waals surface area contributed by atoms with Crippen LogP contribution >= 0.6 is 7.26 Å². The summed E-state index contributed by atoms with van der Waals surface area (Å²) in [6, 6.07) is 15.6. The number of nitrogens with one attached hydrogen (secondary N) is 1. The van der Waals surface area contributed by atoms with Crippen LogP contribution in [0.5, 0.6) is 0 Å². The van der Waals surface area contributed by atoms with Gasteiger partial charge in [-0.1, -0.05) is 83.0 Å². The maximum atomic E-state index is 4.52. The molecule has 4 rings (SSSR count). The molecule has 40 heavy (non-hydrogen) atoms. The van der Waals surface area contributed by atoms with Crippen molar-refractivity contribution < 1.29 is 0 Å². The molecule has 2 aliphatic rings. The van der Waals surface area contributed by atoms with Gasteiger partial charge < -0.3 is 5.32 Å². The molecule has 1 aliphatic heterocycles. The first-order valence-electron chi connectivity index (χ1n) is 16.2. The Morgan fingerprint density at radius 1 is 1.05 bits per heavy atom. The first-order valence-corrected chi connectivity index (χ1v) is 18.3. The minimum Gasteiger partial charge on any atom is -0.381 e. The second-order valence-corrected chi connectivity index (χ2v) is 18.0. The van der Waals surface area contributed by atoms with Crippen LogP contribution in [-0.4, -0.2) is 23.5 Å². The average molecular weight is 559 g/mol. The lowest BCUT2D eigenvalue weighted by atomic mass is 9.67. The third-order valence-corrected chi connectivity index (χ3v) is 16.3. The van der Waals surface area contributed by atoms with Crippen molar-refractivity contribution in [3.63, 3.8) is 0 Å². The molecule has 2 aromatic carbocycles. The molecular weight excluding hydrogens is 501 g/mol. The monoisotopic (exact) mass is 558 g/mol. The van der Waals surface area contributed by atoms with E-state index in [1.165, 1.54) is 92.0 Å². The van der Waals surface area contributed by atoms with E-state index < -0.39 is 7.26 Å². The van der Waals surface area contributed by atoms with Crippen LogP contribution in [0.3, 0.4) is 0 Å². The number of hydrogen-bond acceptors (Lipinski definition) is 1. The van der Waals surface area contributed by atoms with Crippen molar-refractivity contribution in [3.8, 4) is 0 Å². The van der Waals surface area contributed by atoms with Gasteiger partial charge in [0.15, 0.2) is 0 Å².